The van der Waals surface area contributed by atoms with E-state index >= 15 is 0 Å². The topological polar surface area (TPSA) is 46.2 Å². The zero-order chi connectivity index (χ0) is 13.0. The van der Waals surface area contributed by atoms with Gasteiger partial charge in [0.1, 0.15) is 0 Å². The molecule has 0 saturated heterocycles. The number of hydrogen-bond acceptors (Lipinski definition) is 2. The number of para-hydroxylation sites is 1. The number of rotatable bonds is 2. The summed E-state index contributed by atoms with van der Waals surface area (Å²) in [6, 6.07) is 9.27. The van der Waals surface area contributed by atoms with Crippen molar-refractivity contribution in [2.75, 3.05) is 5.32 Å². The molecular weight excluding hydrogens is 246 g/mol. The lowest BCUT2D eigenvalue weighted by molar-refractivity contribution is -0.113. The first-order valence-electron chi connectivity index (χ1n) is 5.63. The predicted molar refractivity (Wildman–Crippen MR) is 74.6 cm³/mol. The van der Waals surface area contributed by atoms with Crippen LogP contribution in [0.3, 0.4) is 0 Å². The molecule has 4 heteroatoms. The van der Waals surface area contributed by atoms with Crippen LogP contribution >= 0.6 is 0 Å². The summed E-state index contributed by atoms with van der Waals surface area (Å²) < 4.78 is 10.9. The highest BCUT2D eigenvalue weighted by atomic mass is 32.1. The number of allylic oxidation sites excluding steroid dienone is 3. The molecule has 1 aliphatic rings. The lowest BCUT2D eigenvalue weighted by atomic mass is 9.92. The molecule has 92 valence electrons. The van der Waals surface area contributed by atoms with Gasteiger partial charge in [-0.05, 0) is 18.2 Å². The molecule has 1 aliphatic carbocycles. The fraction of sp³-hybridized carbons (Fsp3) is 0.143. The zero-order valence-electron chi connectivity index (χ0n) is 9.92. The second-order valence-corrected chi connectivity index (χ2v) is 4.65. The first kappa shape index (κ1) is 12.5. The number of nitrogens with one attached hydrogen (secondary N) is 1. The molecule has 0 spiro atoms. The third kappa shape index (κ3) is 2.65. The van der Waals surface area contributed by atoms with Gasteiger partial charge in [0.2, 0.25) is 0 Å². The standard InChI is InChI=1S/C14H13NO2S/c1-10-12(8-5-9-13(10)18-17)14(16)15-11-6-3-2-4-7-11/h2-10H,1H3,(H,15,16). The normalized spacial score (nSPS) is 18.2. The summed E-state index contributed by atoms with van der Waals surface area (Å²) in [6.45, 7) is 1.86. The van der Waals surface area contributed by atoms with Crippen molar-refractivity contribution in [2.24, 2.45) is 5.92 Å². The summed E-state index contributed by atoms with van der Waals surface area (Å²) in [6.07, 6.45) is 5.24. The SMILES string of the molecule is CC1C(C(=O)Nc2ccccc2)=CC=CC1=S=O. The molecule has 0 saturated carbocycles. The molecule has 0 radical (unpaired) electrons. The summed E-state index contributed by atoms with van der Waals surface area (Å²) in [5, 5.41) is 2.82. The Morgan fingerprint density at radius 1 is 1.28 bits per heavy atom. The number of amides is 1. The molecule has 2 rings (SSSR count). The van der Waals surface area contributed by atoms with Gasteiger partial charge in [-0.3, -0.25) is 4.79 Å². The Morgan fingerprint density at radius 2 is 2.00 bits per heavy atom. The van der Waals surface area contributed by atoms with Crippen molar-refractivity contribution in [1.82, 2.24) is 0 Å². The Balaban J connectivity index is 2.18. The number of carbonyl (C=O) groups excluding carboxylic acids is 1. The van der Waals surface area contributed by atoms with Crippen LogP contribution in [0.15, 0.2) is 54.1 Å². The maximum atomic E-state index is 12.1. The van der Waals surface area contributed by atoms with E-state index in [0.717, 1.165) is 5.69 Å². The van der Waals surface area contributed by atoms with Gasteiger partial charge in [0.05, 0.1) is 16.1 Å². The number of anilines is 1. The van der Waals surface area contributed by atoms with E-state index in [1.54, 1.807) is 18.2 Å². The largest absolute Gasteiger partial charge is 0.322 e. The van der Waals surface area contributed by atoms with Gasteiger partial charge < -0.3 is 5.32 Å². The monoisotopic (exact) mass is 259 g/mol. The van der Waals surface area contributed by atoms with E-state index in [0.29, 0.717) is 21.7 Å². The highest BCUT2D eigenvalue weighted by Crippen LogP contribution is 2.19. The summed E-state index contributed by atoms with van der Waals surface area (Å²) in [7, 11) is 0. The molecule has 0 fully saturated rings. The molecular formula is C14H13NO2S. The van der Waals surface area contributed by atoms with Gasteiger partial charge in [-0.15, -0.1) is 0 Å². The average Bonchev–Trinajstić information content (AvgIpc) is 2.40. The quantitative estimate of drug-likeness (QED) is 0.827. The smallest absolute Gasteiger partial charge is 0.252 e. The van der Waals surface area contributed by atoms with Gasteiger partial charge >= 0.3 is 0 Å². The molecule has 0 heterocycles. The van der Waals surface area contributed by atoms with Crippen LogP contribution in [0.5, 0.6) is 0 Å². The molecule has 3 nitrogen and oxygen atoms in total. The Bertz CT molecular complexity index is 569. The molecule has 1 aromatic rings. The van der Waals surface area contributed by atoms with Crippen molar-refractivity contribution in [2.45, 2.75) is 6.92 Å². The Hall–Kier alpha value is -1.94. The molecule has 0 aromatic heterocycles. The minimum atomic E-state index is -0.162. The van der Waals surface area contributed by atoms with Crippen molar-refractivity contribution in [3.8, 4) is 0 Å². The zero-order valence-corrected chi connectivity index (χ0v) is 10.7. The second kappa shape index (κ2) is 5.60. The molecule has 1 N–H and O–H groups in total. The van der Waals surface area contributed by atoms with Crippen LogP contribution in [0, 0.1) is 5.92 Å². The van der Waals surface area contributed by atoms with Crippen LogP contribution in [0.4, 0.5) is 5.69 Å². The van der Waals surface area contributed by atoms with Crippen LogP contribution < -0.4 is 5.32 Å². The number of carbonyl (C=O) groups is 1. The highest BCUT2D eigenvalue weighted by Gasteiger charge is 2.22. The lowest BCUT2D eigenvalue weighted by Gasteiger charge is -2.17. The van der Waals surface area contributed by atoms with E-state index < -0.39 is 0 Å². The van der Waals surface area contributed by atoms with Gasteiger partial charge in [0.25, 0.3) is 5.91 Å². The minimum absolute atomic E-state index is 0.152. The van der Waals surface area contributed by atoms with E-state index in [4.69, 9.17) is 0 Å². The van der Waals surface area contributed by atoms with Crippen molar-refractivity contribution >= 4 is 27.7 Å². The van der Waals surface area contributed by atoms with E-state index in [9.17, 15) is 9.00 Å². The van der Waals surface area contributed by atoms with Crippen LogP contribution in [0.25, 0.3) is 0 Å². The molecule has 0 aliphatic heterocycles. The van der Waals surface area contributed by atoms with E-state index in [1.807, 2.05) is 37.3 Å². The van der Waals surface area contributed by atoms with Gasteiger partial charge in [-0.25, -0.2) is 4.21 Å². The fourth-order valence-corrected chi connectivity index (χ4v) is 2.19. The van der Waals surface area contributed by atoms with Gasteiger partial charge in [0.15, 0.2) is 0 Å². The molecule has 1 atom stereocenters. The molecule has 0 bridgehead atoms. The average molecular weight is 259 g/mol. The number of benzene rings is 1. The molecule has 1 amide bonds. The third-order valence-corrected chi connectivity index (χ3v) is 3.50. The summed E-state index contributed by atoms with van der Waals surface area (Å²) in [5.41, 5.74) is 1.36. The van der Waals surface area contributed by atoms with Crippen LogP contribution in [-0.2, 0) is 16.1 Å². The third-order valence-electron chi connectivity index (χ3n) is 2.82. The van der Waals surface area contributed by atoms with Gasteiger partial charge in [-0.2, -0.15) is 0 Å². The second-order valence-electron chi connectivity index (χ2n) is 4.01. The van der Waals surface area contributed by atoms with Gasteiger partial charge in [-0.1, -0.05) is 37.3 Å². The summed E-state index contributed by atoms with van der Waals surface area (Å²) in [5.74, 6) is -0.314. The Morgan fingerprint density at radius 3 is 2.67 bits per heavy atom. The first-order chi connectivity index (χ1) is 8.72. The predicted octanol–water partition coefficient (Wildman–Crippen LogP) is 2.14. The summed E-state index contributed by atoms with van der Waals surface area (Å²) >= 11 is 0.440. The molecule has 1 unspecified atom stereocenters. The lowest BCUT2D eigenvalue weighted by Crippen LogP contribution is -2.24. The van der Waals surface area contributed by atoms with Crippen LogP contribution in [0.2, 0.25) is 0 Å². The van der Waals surface area contributed by atoms with E-state index in [-0.39, 0.29) is 11.8 Å². The first-order valence-corrected chi connectivity index (χ1v) is 6.38. The van der Waals surface area contributed by atoms with Crippen molar-refractivity contribution < 1.29 is 9.00 Å². The van der Waals surface area contributed by atoms with Crippen LogP contribution in [-0.4, -0.2) is 15.0 Å². The minimum Gasteiger partial charge on any atom is -0.322 e. The van der Waals surface area contributed by atoms with Crippen molar-refractivity contribution in [3.05, 3.63) is 54.1 Å². The number of hydrogen-bond donors (Lipinski definition) is 1. The van der Waals surface area contributed by atoms with E-state index in [1.165, 1.54) is 0 Å². The van der Waals surface area contributed by atoms with Crippen LogP contribution in [0.1, 0.15) is 6.92 Å². The maximum Gasteiger partial charge on any atom is 0.252 e. The highest BCUT2D eigenvalue weighted by molar-refractivity contribution is 7.67. The summed E-state index contributed by atoms with van der Waals surface area (Å²) in [4.78, 5) is 12.8. The maximum absolute atomic E-state index is 12.1. The van der Waals surface area contributed by atoms with Gasteiger partial charge in [0, 0.05) is 17.2 Å². The molecule has 18 heavy (non-hydrogen) atoms. The van der Waals surface area contributed by atoms with E-state index in [2.05, 4.69) is 5.32 Å². The van der Waals surface area contributed by atoms with Crippen molar-refractivity contribution in [1.29, 1.82) is 0 Å². The van der Waals surface area contributed by atoms with Crippen molar-refractivity contribution in [3.63, 3.8) is 0 Å². The Kier molecular flexibility index (Phi) is 3.89. The Labute approximate surface area is 109 Å². The fourth-order valence-electron chi connectivity index (χ4n) is 1.79. The molecule has 1 aromatic carbocycles.